The number of pyridine rings is 1. The highest BCUT2D eigenvalue weighted by atomic mass is 16.5. The topological polar surface area (TPSA) is 101 Å². The van der Waals surface area contributed by atoms with Gasteiger partial charge in [0.05, 0.1) is 0 Å². The fourth-order valence-corrected chi connectivity index (χ4v) is 2.78. The van der Waals surface area contributed by atoms with E-state index in [2.05, 4.69) is 10.3 Å². The molecule has 23 heavy (non-hydrogen) atoms. The van der Waals surface area contributed by atoms with Gasteiger partial charge in [-0.15, -0.1) is 0 Å². The fraction of sp³-hybridized carbons (Fsp3) is 0.533. The van der Waals surface area contributed by atoms with Gasteiger partial charge in [0, 0.05) is 26.2 Å². The number of hydrogen-bond donors (Lipinski definition) is 2. The van der Waals surface area contributed by atoms with E-state index < -0.39 is 6.10 Å². The third kappa shape index (κ3) is 3.07. The molecule has 8 nitrogen and oxygen atoms in total. The summed E-state index contributed by atoms with van der Waals surface area (Å²) < 4.78 is 5.66. The maximum Gasteiger partial charge on any atom is 0.269 e. The molecule has 3 N–H and O–H groups in total. The van der Waals surface area contributed by atoms with E-state index in [9.17, 15) is 9.59 Å². The van der Waals surface area contributed by atoms with Crippen LogP contribution in [0.1, 0.15) is 13.3 Å². The molecule has 2 aliphatic heterocycles. The van der Waals surface area contributed by atoms with E-state index in [-0.39, 0.29) is 24.2 Å². The van der Waals surface area contributed by atoms with Crippen molar-refractivity contribution in [3.05, 3.63) is 12.1 Å². The number of fused-ring (bicyclic) bond motifs is 1. The Morgan fingerprint density at radius 2 is 2.17 bits per heavy atom. The van der Waals surface area contributed by atoms with E-state index in [0.717, 1.165) is 13.1 Å². The molecular formula is C15H21N5O3. The molecule has 124 valence electrons. The molecule has 1 aromatic rings. The number of anilines is 2. The zero-order valence-corrected chi connectivity index (χ0v) is 13.1. The Morgan fingerprint density at radius 3 is 2.87 bits per heavy atom. The number of nitrogens with zero attached hydrogens (tertiary/aromatic N) is 3. The number of aromatic nitrogens is 1. The molecule has 1 unspecified atom stereocenters. The molecule has 3 rings (SSSR count). The number of carbonyl (C=O) groups is 2. The van der Waals surface area contributed by atoms with Gasteiger partial charge in [0.15, 0.2) is 17.7 Å². The number of nitrogens with one attached hydrogen (secondary N) is 1. The highest BCUT2D eigenvalue weighted by molar-refractivity contribution is 6.03. The summed E-state index contributed by atoms with van der Waals surface area (Å²) in [5.74, 6) is 0.755. The molecular weight excluding hydrogens is 298 g/mol. The maximum absolute atomic E-state index is 12.6. The minimum Gasteiger partial charge on any atom is -0.477 e. The van der Waals surface area contributed by atoms with Crippen molar-refractivity contribution >= 4 is 23.5 Å². The molecule has 1 aromatic heterocycles. The molecule has 3 heterocycles. The molecule has 0 aliphatic carbocycles. The number of rotatable bonds is 3. The van der Waals surface area contributed by atoms with E-state index in [1.165, 1.54) is 4.90 Å². The molecule has 0 spiro atoms. The summed E-state index contributed by atoms with van der Waals surface area (Å²) in [6.45, 7) is 4.65. The van der Waals surface area contributed by atoms with Gasteiger partial charge >= 0.3 is 0 Å². The van der Waals surface area contributed by atoms with Gasteiger partial charge in [-0.05, 0) is 18.6 Å². The summed E-state index contributed by atoms with van der Waals surface area (Å²) >= 11 is 0. The lowest BCUT2D eigenvalue weighted by Crippen LogP contribution is -2.53. The van der Waals surface area contributed by atoms with Gasteiger partial charge in [-0.3, -0.25) is 14.5 Å². The number of amides is 2. The highest BCUT2D eigenvalue weighted by Gasteiger charge is 2.36. The van der Waals surface area contributed by atoms with E-state index in [1.54, 1.807) is 17.0 Å². The van der Waals surface area contributed by atoms with Crippen molar-refractivity contribution in [3.63, 3.8) is 0 Å². The monoisotopic (exact) mass is 319 g/mol. The van der Waals surface area contributed by atoms with E-state index in [0.29, 0.717) is 31.1 Å². The van der Waals surface area contributed by atoms with E-state index in [4.69, 9.17) is 10.5 Å². The van der Waals surface area contributed by atoms with E-state index in [1.807, 2.05) is 6.92 Å². The number of ether oxygens (including phenoxy) is 1. The van der Waals surface area contributed by atoms with Crippen LogP contribution in [0.3, 0.4) is 0 Å². The number of carbonyl (C=O) groups excluding carboxylic acids is 2. The third-order valence-electron chi connectivity index (χ3n) is 4.06. The zero-order chi connectivity index (χ0) is 16.4. The van der Waals surface area contributed by atoms with Crippen LogP contribution in [0.5, 0.6) is 5.75 Å². The number of nitrogens with two attached hydrogens (primary N) is 1. The van der Waals surface area contributed by atoms with E-state index >= 15 is 0 Å². The Morgan fingerprint density at radius 1 is 1.43 bits per heavy atom. The number of nitrogen functional groups attached to an aromatic ring is 1. The first-order valence-corrected chi connectivity index (χ1v) is 7.83. The van der Waals surface area contributed by atoms with Gasteiger partial charge in [0.2, 0.25) is 5.91 Å². The Labute approximate surface area is 134 Å². The lowest BCUT2D eigenvalue weighted by Gasteiger charge is -2.35. The van der Waals surface area contributed by atoms with Crippen molar-refractivity contribution in [2.45, 2.75) is 19.4 Å². The second-order valence-corrected chi connectivity index (χ2v) is 5.63. The third-order valence-corrected chi connectivity index (χ3v) is 4.06. The molecule has 2 aliphatic rings. The van der Waals surface area contributed by atoms with Crippen LogP contribution in [-0.4, -0.2) is 60.5 Å². The van der Waals surface area contributed by atoms with Gasteiger partial charge < -0.3 is 20.7 Å². The van der Waals surface area contributed by atoms with Crippen molar-refractivity contribution < 1.29 is 14.3 Å². The van der Waals surface area contributed by atoms with Crippen LogP contribution >= 0.6 is 0 Å². The van der Waals surface area contributed by atoms with Gasteiger partial charge in [-0.1, -0.05) is 6.92 Å². The van der Waals surface area contributed by atoms with Crippen molar-refractivity contribution in [1.82, 2.24) is 15.2 Å². The lowest BCUT2D eigenvalue weighted by atomic mass is 10.2. The summed E-state index contributed by atoms with van der Waals surface area (Å²) in [4.78, 5) is 32.4. The molecule has 0 radical (unpaired) electrons. The molecule has 0 bridgehead atoms. The quantitative estimate of drug-likeness (QED) is 0.786. The summed E-state index contributed by atoms with van der Waals surface area (Å²) in [7, 11) is 0. The predicted molar refractivity (Wildman–Crippen MR) is 85.2 cm³/mol. The van der Waals surface area contributed by atoms with Crippen LogP contribution in [0.2, 0.25) is 0 Å². The van der Waals surface area contributed by atoms with Crippen LogP contribution in [0.15, 0.2) is 12.1 Å². The molecule has 1 atom stereocenters. The minimum atomic E-state index is -0.594. The smallest absolute Gasteiger partial charge is 0.269 e. The van der Waals surface area contributed by atoms with Gasteiger partial charge in [-0.25, -0.2) is 4.98 Å². The Balaban J connectivity index is 1.85. The standard InChI is InChI=1S/C15H21N5O3/c1-2-10-15(22)20(9-13(21)19-7-5-17-6-8-19)14-11(23-10)3-4-12(16)18-14/h3-4,10,17H,2,5-9H2,1H3,(H2,16,18). The van der Waals surface area contributed by atoms with Crippen LogP contribution < -0.4 is 20.7 Å². The first-order valence-electron chi connectivity index (χ1n) is 7.83. The second kappa shape index (κ2) is 6.41. The van der Waals surface area contributed by atoms with Crippen molar-refractivity contribution in [3.8, 4) is 5.75 Å². The van der Waals surface area contributed by atoms with Gasteiger partial charge in [0.25, 0.3) is 5.91 Å². The second-order valence-electron chi connectivity index (χ2n) is 5.63. The van der Waals surface area contributed by atoms with Crippen molar-refractivity contribution in [2.75, 3.05) is 43.4 Å². The molecule has 1 fully saturated rings. The minimum absolute atomic E-state index is 0.0395. The SMILES string of the molecule is CCC1Oc2ccc(N)nc2N(CC(=O)N2CCNCC2)C1=O. The largest absolute Gasteiger partial charge is 0.477 e. The van der Waals surface area contributed by atoms with Gasteiger partial charge in [0.1, 0.15) is 12.4 Å². The van der Waals surface area contributed by atoms with Crippen LogP contribution in [0, 0.1) is 0 Å². The average molecular weight is 319 g/mol. The fourth-order valence-electron chi connectivity index (χ4n) is 2.78. The summed E-state index contributed by atoms with van der Waals surface area (Å²) in [6, 6.07) is 3.31. The zero-order valence-electron chi connectivity index (χ0n) is 13.1. The molecule has 1 saturated heterocycles. The van der Waals surface area contributed by atoms with Crippen LogP contribution in [0.25, 0.3) is 0 Å². The Hall–Kier alpha value is -2.35. The summed E-state index contributed by atoms with van der Waals surface area (Å²) in [5, 5.41) is 3.20. The van der Waals surface area contributed by atoms with Crippen LogP contribution in [0.4, 0.5) is 11.6 Å². The Kier molecular flexibility index (Phi) is 4.33. The molecule has 0 aromatic carbocycles. The average Bonchev–Trinajstić information content (AvgIpc) is 2.58. The lowest BCUT2D eigenvalue weighted by molar-refractivity contribution is -0.133. The molecule has 8 heteroatoms. The summed E-state index contributed by atoms with van der Waals surface area (Å²) in [5.41, 5.74) is 5.72. The normalized spacial score (nSPS) is 20.9. The Bertz CT molecular complexity index is 615. The predicted octanol–water partition coefficient (Wildman–Crippen LogP) is -0.400. The number of piperazine rings is 1. The van der Waals surface area contributed by atoms with Crippen molar-refractivity contribution in [1.29, 1.82) is 0 Å². The van der Waals surface area contributed by atoms with Gasteiger partial charge in [-0.2, -0.15) is 0 Å². The first-order chi connectivity index (χ1) is 11.1. The molecule has 0 saturated carbocycles. The number of hydrogen-bond acceptors (Lipinski definition) is 6. The molecule has 2 amide bonds. The van der Waals surface area contributed by atoms with Crippen molar-refractivity contribution in [2.24, 2.45) is 0 Å². The first kappa shape index (κ1) is 15.5. The highest BCUT2D eigenvalue weighted by Crippen LogP contribution is 2.33. The maximum atomic E-state index is 12.6. The van der Waals surface area contributed by atoms with Crippen LogP contribution in [-0.2, 0) is 9.59 Å². The summed E-state index contributed by atoms with van der Waals surface area (Å²) in [6.07, 6.45) is -0.0650.